The molecule has 0 unspecified atom stereocenters. The van der Waals surface area contributed by atoms with Crippen LogP contribution < -0.4 is 5.32 Å². The fraction of sp³-hybridized carbons (Fsp3) is 0.417. The zero-order valence-electron chi connectivity index (χ0n) is 9.54. The third-order valence-corrected chi connectivity index (χ3v) is 3.88. The smallest absolute Gasteiger partial charge is 0.255 e. The summed E-state index contributed by atoms with van der Waals surface area (Å²) in [4.78, 5) is 14.1. The summed E-state index contributed by atoms with van der Waals surface area (Å²) in [6.45, 7) is 1.82. The van der Waals surface area contributed by atoms with Crippen molar-refractivity contribution in [2.45, 2.75) is 12.5 Å². The Balaban J connectivity index is 2.20. The van der Waals surface area contributed by atoms with Crippen LogP contribution in [0, 0.1) is 0 Å². The van der Waals surface area contributed by atoms with Gasteiger partial charge in [0.25, 0.3) is 5.91 Å². The Hall–Kier alpha value is -0.580. The fourth-order valence-electron chi connectivity index (χ4n) is 1.99. The maximum atomic E-state index is 12.3. The topological polar surface area (TPSA) is 32.3 Å². The molecule has 1 saturated heterocycles. The van der Waals surface area contributed by atoms with Gasteiger partial charge in [0.2, 0.25) is 0 Å². The van der Waals surface area contributed by atoms with E-state index in [0.29, 0.717) is 10.6 Å². The van der Waals surface area contributed by atoms with E-state index in [0.717, 1.165) is 24.0 Å². The highest BCUT2D eigenvalue weighted by molar-refractivity contribution is 9.10. The van der Waals surface area contributed by atoms with Crippen LogP contribution in [0.3, 0.4) is 0 Å². The lowest BCUT2D eigenvalue weighted by atomic mass is 10.1. The first-order valence-electron chi connectivity index (χ1n) is 5.52. The van der Waals surface area contributed by atoms with E-state index in [-0.39, 0.29) is 11.9 Å². The molecule has 5 heteroatoms. The van der Waals surface area contributed by atoms with Gasteiger partial charge < -0.3 is 10.2 Å². The van der Waals surface area contributed by atoms with Crippen LogP contribution in [0.15, 0.2) is 22.7 Å². The molecule has 0 saturated carbocycles. The Bertz CT molecular complexity index is 433. The molecule has 1 aliphatic rings. The minimum atomic E-state index is -0.0231. The third-order valence-electron chi connectivity index (χ3n) is 3.06. The molecule has 17 heavy (non-hydrogen) atoms. The van der Waals surface area contributed by atoms with Gasteiger partial charge in [0.1, 0.15) is 0 Å². The molecule has 1 N–H and O–H groups in total. The van der Waals surface area contributed by atoms with Crippen molar-refractivity contribution in [3.05, 3.63) is 33.3 Å². The zero-order valence-corrected chi connectivity index (χ0v) is 11.9. The molecule has 1 amide bonds. The van der Waals surface area contributed by atoms with Gasteiger partial charge in [-0.15, -0.1) is 0 Å². The highest BCUT2D eigenvalue weighted by Gasteiger charge is 2.25. The first-order chi connectivity index (χ1) is 8.09. The Morgan fingerprint density at radius 2 is 2.35 bits per heavy atom. The van der Waals surface area contributed by atoms with Crippen LogP contribution in [0.4, 0.5) is 0 Å². The highest BCUT2D eigenvalue weighted by atomic mass is 79.9. The molecular formula is C12H14BrClN2O. The standard InChI is InChI=1S/C12H14BrClN2O/c1-16(9-4-5-15-7-9)12(17)10-6-8(13)2-3-11(10)14/h2-3,6,9,15H,4-5,7H2,1H3/t9-/m0/s1. The number of rotatable bonds is 2. The van der Waals surface area contributed by atoms with Crippen molar-refractivity contribution >= 4 is 33.4 Å². The molecule has 1 aromatic rings. The van der Waals surface area contributed by atoms with E-state index in [1.54, 1.807) is 17.0 Å². The third kappa shape index (κ3) is 2.81. The molecule has 0 bridgehead atoms. The molecule has 1 fully saturated rings. The summed E-state index contributed by atoms with van der Waals surface area (Å²) in [7, 11) is 1.83. The van der Waals surface area contributed by atoms with Crippen molar-refractivity contribution in [1.29, 1.82) is 0 Å². The highest BCUT2D eigenvalue weighted by Crippen LogP contribution is 2.23. The first kappa shape index (κ1) is 12.9. The molecule has 1 atom stereocenters. The van der Waals surface area contributed by atoms with Gasteiger partial charge >= 0.3 is 0 Å². The number of amides is 1. The van der Waals surface area contributed by atoms with Gasteiger partial charge in [-0.2, -0.15) is 0 Å². The van der Waals surface area contributed by atoms with Crippen molar-refractivity contribution < 1.29 is 4.79 Å². The van der Waals surface area contributed by atoms with E-state index in [1.165, 1.54) is 0 Å². The van der Waals surface area contributed by atoms with Crippen molar-refractivity contribution in [3.8, 4) is 0 Å². The number of halogens is 2. The lowest BCUT2D eigenvalue weighted by Gasteiger charge is -2.24. The van der Waals surface area contributed by atoms with Gasteiger partial charge in [0.05, 0.1) is 10.6 Å². The predicted octanol–water partition coefficient (Wildman–Crippen LogP) is 2.54. The van der Waals surface area contributed by atoms with Crippen molar-refractivity contribution in [3.63, 3.8) is 0 Å². The van der Waals surface area contributed by atoms with Gasteiger partial charge in [0.15, 0.2) is 0 Å². The minimum Gasteiger partial charge on any atom is -0.337 e. The maximum Gasteiger partial charge on any atom is 0.255 e. The molecule has 1 heterocycles. The largest absolute Gasteiger partial charge is 0.337 e. The van der Waals surface area contributed by atoms with Crippen LogP contribution in [-0.4, -0.2) is 37.0 Å². The van der Waals surface area contributed by atoms with E-state index < -0.39 is 0 Å². The number of nitrogens with one attached hydrogen (secondary N) is 1. The molecule has 1 aromatic carbocycles. The zero-order chi connectivity index (χ0) is 12.4. The summed E-state index contributed by atoms with van der Waals surface area (Å²) in [6.07, 6.45) is 0.994. The van der Waals surface area contributed by atoms with Crippen LogP contribution in [0.1, 0.15) is 16.8 Å². The van der Waals surface area contributed by atoms with Gasteiger partial charge in [0, 0.05) is 24.1 Å². The number of hydrogen-bond donors (Lipinski definition) is 1. The second-order valence-corrected chi connectivity index (χ2v) is 5.51. The van der Waals surface area contributed by atoms with Gasteiger partial charge in [-0.3, -0.25) is 4.79 Å². The van der Waals surface area contributed by atoms with Crippen molar-refractivity contribution in [1.82, 2.24) is 10.2 Å². The van der Waals surface area contributed by atoms with Gasteiger partial charge in [-0.1, -0.05) is 27.5 Å². The molecular weight excluding hydrogens is 304 g/mol. The first-order valence-corrected chi connectivity index (χ1v) is 6.69. The van der Waals surface area contributed by atoms with E-state index in [9.17, 15) is 4.79 Å². The van der Waals surface area contributed by atoms with Crippen molar-refractivity contribution in [2.24, 2.45) is 0 Å². The molecule has 3 nitrogen and oxygen atoms in total. The molecule has 1 aliphatic heterocycles. The monoisotopic (exact) mass is 316 g/mol. The van der Waals surface area contributed by atoms with E-state index in [4.69, 9.17) is 11.6 Å². The van der Waals surface area contributed by atoms with E-state index >= 15 is 0 Å². The van der Waals surface area contributed by atoms with Gasteiger partial charge in [-0.05, 0) is 31.2 Å². The summed E-state index contributed by atoms with van der Waals surface area (Å²) in [5, 5.41) is 3.75. The number of carbonyl (C=O) groups is 1. The Kier molecular flexibility index (Phi) is 4.07. The molecule has 0 aliphatic carbocycles. The molecule has 92 valence electrons. The maximum absolute atomic E-state index is 12.3. The normalized spacial score (nSPS) is 19.4. The Morgan fingerprint density at radius 1 is 1.59 bits per heavy atom. The number of likely N-dealkylation sites (N-methyl/N-ethyl adjacent to an activating group) is 1. The number of nitrogens with zero attached hydrogens (tertiary/aromatic N) is 1. The summed E-state index contributed by atoms with van der Waals surface area (Å²) in [6, 6.07) is 5.59. The minimum absolute atomic E-state index is 0.0231. The van der Waals surface area contributed by atoms with E-state index in [2.05, 4.69) is 21.2 Å². The number of carbonyl (C=O) groups excluding carboxylic acids is 1. The molecule has 0 aromatic heterocycles. The lowest BCUT2D eigenvalue weighted by molar-refractivity contribution is 0.0744. The van der Waals surface area contributed by atoms with Crippen LogP contribution in [0.2, 0.25) is 5.02 Å². The molecule has 2 rings (SSSR count). The van der Waals surface area contributed by atoms with Crippen LogP contribution in [0.25, 0.3) is 0 Å². The van der Waals surface area contributed by atoms with E-state index in [1.807, 2.05) is 13.1 Å². The quantitative estimate of drug-likeness (QED) is 0.909. The molecule has 0 radical (unpaired) electrons. The summed E-state index contributed by atoms with van der Waals surface area (Å²) in [5.41, 5.74) is 0.551. The Morgan fingerprint density at radius 3 is 3.00 bits per heavy atom. The summed E-state index contributed by atoms with van der Waals surface area (Å²) < 4.78 is 0.864. The lowest BCUT2D eigenvalue weighted by Crippen LogP contribution is -2.38. The SMILES string of the molecule is CN(C(=O)c1cc(Br)ccc1Cl)[C@H]1CCNC1. The van der Waals surface area contributed by atoms with Gasteiger partial charge in [-0.25, -0.2) is 0 Å². The Labute approximate surface area is 114 Å². The number of benzene rings is 1. The fourth-order valence-corrected chi connectivity index (χ4v) is 2.55. The van der Waals surface area contributed by atoms with Crippen LogP contribution in [-0.2, 0) is 0 Å². The molecule has 0 spiro atoms. The van der Waals surface area contributed by atoms with Crippen LogP contribution >= 0.6 is 27.5 Å². The predicted molar refractivity (Wildman–Crippen MR) is 72.5 cm³/mol. The average molecular weight is 318 g/mol. The second-order valence-electron chi connectivity index (χ2n) is 4.19. The van der Waals surface area contributed by atoms with Crippen LogP contribution in [0.5, 0.6) is 0 Å². The summed E-state index contributed by atoms with van der Waals surface area (Å²) in [5.74, 6) is -0.0231. The number of hydrogen-bond acceptors (Lipinski definition) is 2. The second kappa shape index (κ2) is 5.38. The van der Waals surface area contributed by atoms with Crippen molar-refractivity contribution in [2.75, 3.05) is 20.1 Å². The summed E-state index contributed by atoms with van der Waals surface area (Å²) >= 11 is 9.41. The average Bonchev–Trinajstić information content (AvgIpc) is 2.84.